The third-order valence-corrected chi connectivity index (χ3v) is 7.45. The molecule has 0 saturated carbocycles. The van der Waals surface area contributed by atoms with Gasteiger partial charge in [-0.2, -0.15) is 0 Å². The smallest absolute Gasteiger partial charge is 0.270 e. The number of hydrogen-bond donors (Lipinski definition) is 0. The number of carbonyl (C=O) groups is 1. The van der Waals surface area contributed by atoms with Crippen molar-refractivity contribution in [3.8, 4) is 5.75 Å². The van der Waals surface area contributed by atoms with Gasteiger partial charge in [0.2, 0.25) is 0 Å². The number of amides is 1. The van der Waals surface area contributed by atoms with Crippen LogP contribution in [0.3, 0.4) is 0 Å². The first-order valence-electron chi connectivity index (χ1n) is 11.1. The standard InChI is InChI=1S/C26H27N3O4S.ClH/c1-33-23-10-12-24(13-11-23)34(31,32)29(26(30)20-28-18-4-5-19-28)25-7-3-2-6-22(25)9-8-21-14-16-27-17-15-21;/h2-3,6-17H,4-5,18-20H2,1H3;1H/b9-8+;. The Kier molecular flexibility index (Phi) is 9.03. The van der Waals surface area contributed by atoms with E-state index >= 15 is 0 Å². The zero-order chi connectivity index (χ0) is 24.0. The molecule has 3 aromatic rings. The first-order chi connectivity index (χ1) is 16.5. The summed E-state index contributed by atoms with van der Waals surface area (Å²) in [4.78, 5) is 19.6. The van der Waals surface area contributed by atoms with Crippen LogP contribution in [0.25, 0.3) is 12.2 Å². The van der Waals surface area contributed by atoms with Crippen molar-refractivity contribution < 1.29 is 17.9 Å². The van der Waals surface area contributed by atoms with Crippen LogP contribution in [0.1, 0.15) is 24.0 Å². The minimum atomic E-state index is -4.17. The lowest BCUT2D eigenvalue weighted by molar-refractivity contribution is -0.118. The Balaban J connectivity index is 0.00000342. The number of sulfonamides is 1. The van der Waals surface area contributed by atoms with Crippen LogP contribution in [0.15, 0.2) is 78.0 Å². The van der Waals surface area contributed by atoms with E-state index in [9.17, 15) is 13.2 Å². The van der Waals surface area contributed by atoms with Crippen molar-refractivity contribution in [1.29, 1.82) is 0 Å². The van der Waals surface area contributed by atoms with E-state index in [1.54, 1.807) is 42.7 Å². The molecule has 9 heteroatoms. The lowest BCUT2D eigenvalue weighted by Gasteiger charge is -2.26. The van der Waals surface area contributed by atoms with Gasteiger partial charge in [-0.1, -0.05) is 30.4 Å². The Morgan fingerprint density at radius 2 is 1.66 bits per heavy atom. The molecule has 0 unspecified atom stereocenters. The minimum absolute atomic E-state index is 0. The summed E-state index contributed by atoms with van der Waals surface area (Å²) in [6, 6.07) is 16.8. The fourth-order valence-electron chi connectivity index (χ4n) is 3.92. The molecule has 0 atom stereocenters. The number of likely N-dealkylation sites (tertiary alicyclic amines) is 1. The van der Waals surface area contributed by atoms with E-state index in [1.165, 1.54) is 19.2 Å². The maximum absolute atomic E-state index is 13.8. The number of pyridine rings is 1. The third kappa shape index (κ3) is 6.28. The molecule has 1 fully saturated rings. The number of halogens is 1. The molecule has 2 aromatic carbocycles. The summed E-state index contributed by atoms with van der Waals surface area (Å²) < 4.78 is 33.7. The van der Waals surface area contributed by atoms with Gasteiger partial charge < -0.3 is 4.74 Å². The van der Waals surface area contributed by atoms with Crippen molar-refractivity contribution in [2.45, 2.75) is 17.7 Å². The van der Waals surface area contributed by atoms with Crippen LogP contribution in [0.5, 0.6) is 5.75 Å². The SMILES string of the molecule is COc1ccc(S(=O)(=O)N(C(=O)CN2CCCC2)c2ccccc2/C=C/c2ccncc2)cc1.Cl. The van der Waals surface area contributed by atoms with Crippen LogP contribution < -0.4 is 9.04 Å². The molecule has 1 aliphatic heterocycles. The number of benzene rings is 2. The van der Waals surface area contributed by atoms with Gasteiger partial charge in [0, 0.05) is 12.4 Å². The number of methoxy groups -OCH3 is 1. The topological polar surface area (TPSA) is 79.8 Å². The number of carbonyl (C=O) groups excluding carboxylic acids is 1. The molecule has 0 N–H and O–H groups in total. The molecular weight excluding hydrogens is 486 g/mol. The molecule has 1 aliphatic rings. The lowest BCUT2D eigenvalue weighted by atomic mass is 10.1. The summed E-state index contributed by atoms with van der Waals surface area (Å²) in [6.07, 6.45) is 9.05. The van der Waals surface area contributed by atoms with E-state index in [-0.39, 0.29) is 23.8 Å². The quantitative estimate of drug-likeness (QED) is 0.441. The normalized spacial score (nSPS) is 14.0. The molecule has 1 aromatic heterocycles. The van der Waals surface area contributed by atoms with E-state index < -0.39 is 15.9 Å². The number of aromatic nitrogens is 1. The van der Waals surface area contributed by atoms with Crippen LogP contribution >= 0.6 is 12.4 Å². The lowest BCUT2D eigenvalue weighted by Crippen LogP contribution is -2.43. The zero-order valence-electron chi connectivity index (χ0n) is 19.4. The van der Waals surface area contributed by atoms with Crippen molar-refractivity contribution in [3.05, 3.63) is 84.2 Å². The highest BCUT2D eigenvalue weighted by Crippen LogP contribution is 2.30. The van der Waals surface area contributed by atoms with Gasteiger partial charge in [0.15, 0.2) is 0 Å². The average molecular weight is 514 g/mol. The molecule has 4 rings (SSSR count). The highest BCUT2D eigenvalue weighted by Gasteiger charge is 2.33. The second kappa shape index (κ2) is 12.0. The highest BCUT2D eigenvalue weighted by molar-refractivity contribution is 7.93. The van der Waals surface area contributed by atoms with Crippen LogP contribution in [-0.2, 0) is 14.8 Å². The number of anilines is 1. The summed E-state index contributed by atoms with van der Waals surface area (Å²) in [7, 11) is -2.65. The molecule has 1 saturated heterocycles. The van der Waals surface area contributed by atoms with Gasteiger partial charge in [0.05, 0.1) is 24.2 Å². The Morgan fingerprint density at radius 3 is 2.31 bits per heavy atom. The number of ether oxygens (including phenoxy) is 1. The van der Waals surface area contributed by atoms with Gasteiger partial charge in [-0.15, -0.1) is 12.4 Å². The van der Waals surface area contributed by atoms with Gasteiger partial charge in [-0.25, -0.2) is 12.7 Å². The molecule has 1 amide bonds. The maximum Gasteiger partial charge on any atom is 0.270 e. The van der Waals surface area contributed by atoms with Crippen molar-refractivity contribution >= 4 is 46.2 Å². The molecule has 0 aliphatic carbocycles. The van der Waals surface area contributed by atoms with Crippen LogP contribution in [0.4, 0.5) is 5.69 Å². The molecule has 35 heavy (non-hydrogen) atoms. The molecule has 7 nitrogen and oxygen atoms in total. The Labute approximate surface area is 212 Å². The van der Waals surface area contributed by atoms with Crippen LogP contribution in [-0.4, -0.2) is 51.0 Å². The number of nitrogens with zero attached hydrogens (tertiary/aromatic N) is 3. The van der Waals surface area contributed by atoms with Crippen molar-refractivity contribution in [2.75, 3.05) is 31.0 Å². The fourth-order valence-corrected chi connectivity index (χ4v) is 5.36. The summed E-state index contributed by atoms with van der Waals surface area (Å²) in [5.41, 5.74) is 1.84. The molecule has 184 valence electrons. The van der Waals surface area contributed by atoms with Crippen LogP contribution in [0.2, 0.25) is 0 Å². The van der Waals surface area contributed by atoms with E-state index in [1.807, 2.05) is 35.3 Å². The van der Waals surface area contributed by atoms with Gasteiger partial charge >= 0.3 is 0 Å². The predicted octanol–water partition coefficient (Wildman–Crippen LogP) is 4.50. The van der Waals surface area contributed by atoms with Crippen molar-refractivity contribution in [3.63, 3.8) is 0 Å². The fraction of sp³-hybridized carbons (Fsp3) is 0.231. The number of rotatable bonds is 8. The average Bonchev–Trinajstić information content (AvgIpc) is 3.37. The minimum Gasteiger partial charge on any atom is -0.497 e. The predicted molar refractivity (Wildman–Crippen MR) is 140 cm³/mol. The van der Waals surface area contributed by atoms with E-state index in [0.717, 1.165) is 35.8 Å². The van der Waals surface area contributed by atoms with E-state index in [2.05, 4.69) is 4.98 Å². The van der Waals surface area contributed by atoms with Gasteiger partial charge in [-0.3, -0.25) is 14.7 Å². The first-order valence-corrected chi connectivity index (χ1v) is 12.5. The largest absolute Gasteiger partial charge is 0.497 e. The van der Waals surface area contributed by atoms with E-state index in [4.69, 9.17) is 4.74 Å². The maximum atomic E-state index is 13.8. The molecule has 0 spiro atoms. The summed E-state index contributed by atoms with van der Waals surface area (Å²) in [6.45, 7) is 1.61. The van der Waals surface area contributed by atoms with Gasteiger partial charge in [0.1, 0.15) is 5.75 Å². The Bertz CT molecular complexity index is 1260. The summed E-state index contributed by atoms with van der Waals surface area (Å²) in [5, 5.41) is 0. The highest BCUT2D eigenvalue weighted by atomic mass is 35.5. The molecule has 2 heterocycles. The molecular formula is C26H28ClN3O4S. The molecule has 0 bridgehead atoms. The monoisotopic (exact) mass is 513 g/mol. The first kappa shape index (κ1) is 26.4. The summed E-state index contributed by atoms with van der Waals surface area (Å²) >= 11 is 0. The van der Waals surface area contributed by atoms with Crippen LogP contribution in [0, 0.1) is 0 Å². The van der Waals surface area contributed by atoms with Crippen molar-refractivity contribution in [2.24, 2.45) is 0 Å². The second-order valence-corrected chi connectivity index (χ2v) is 9.78. The molecule has 0 radical (unpaired) electrons. The van der Waals surface area contributed by atoms with Gasteiger partial charge in [-0.05, 0) is 79.5 Å². The third-order valence-electron chi connectivity index (χ3n) is 5.70. The number of para-hydroxylation sites is 1. The number of hydrogen-bond acceptors (Lipinski definition) is 6. The second-order valence-electron chi connectivity index (χ2n) is 7.99. The zero-order valence-corrected chi connectivity index (χ0v) is 21.0. The Hall–Kier alpha value is -3.20. The Morgan fingerprint density at radius 1 is 1.00 bits per heavy atom. The van der Waals surface area contributed by atoms with Gasteiger partial charge in [0.25, 0.3) is 15.9 Å². The van der Waals surface area contributed by atoms with E-state index in [0.29, 0.717) is 17.0 Å². The summed E-state index contributed by atoms with van der Waals surface area (Å²) in [5.74, 6) is 0.0528. The van der Waals surface area contributed by atoms with Crippen molar-refractivity contribution in [1.82, 2.24) is 9.88 Å².